The van der Waals surface area contributed by atoms with Crippen molar-refractivity contribution in [2.45, 2.75) is 32.1 Å². The van der Waals surface area contributed by atoms with Gasteiger partial charge in [0.25, 0.3) is 0 Å². The monoisotopic (exact) mass is 151 g/mol. The molecule has 3 fully saturated rings. The molecule has 0 aromatic carbocycles. The Hall–Kier alpha value is -0.300. The van der Waals surface area contributed by atoms with Crippen molar-refractivity contribution in [1.82, 2.24) is 0 Å². The maximum absolute atomic E-state index is 5.51. The average molecular weight is 151 g/mol. The van der Waals surface area contributed by atoms with E-state index in [0.29, 0.717) is 0 Å². The van der Waals surface area contributed by atoms with E-state index < -0.39 is 0 Å². The van der Waals surface area contributed by atoms with Gasteiger partial charge in [-0.25, -0.2) is 0 Å². The Bertz CT molecular complexity index is 164. The van der Waals surface area contributed by atoms with E-state index in [4.69, 9.17) is 5.73 Å². The molecule has 0 heterocycles. The molecule has 0 unspecified atom stereocenters. The second-order valence-electron chi connectivity index (χ2n) is 3.94. The van der Waals surface area contributed by atoms with Gasteiger partial charge in [-0.05, 0) is 43.9 Å². The summed E-state index contributed by atoms with van der Waals surface area (Å²) in [7, 11) is 0. The summed E-state index contributed by atoms with van der Waals surface area (Å²) in [5.41, 5.74) is 7.19. The van der Waals surface area contributed by atoms with Crippen LogP contribution in [-0.2, 0) is 0 Å². The Balaban J connectivity index is 2.08. The van der Waals surface area contributed by atoms with E-state index in [1.807, 2.05) is 0 Å². The summed E-state index contributed by atoms with van der Waals surface area (Å²) < 4.78 is 0. The largest absolute Gasteiger partial charge is 0.327 e. The van der Waals surface area contributed by atoms with Gasteiger partial charge in [0.1, 0.15) is 0 Å². The first kappa shape index (κ1) is 7.35. The Morgan fingerprint density at radius 3 is 2.45 bits per heavy atom. The molecule has 0 spiro atoms. The standard InChI is InChI=1S/C10H17N/c11-6-5-10-7-8-1-3-9(10)4-2-8/h5,8-9H,1-4,6-7,11H2/b10-5+. The van der Waals surface area contributed by atoms with Crippen LogP contribution in [0.4, 0.5) is 0 Å². The zero-order valence-electron chi connectivity index (χ0n) is 7.05. The highest BCUT2D eigenvalue weighted by atomic mass is 14.5. The molecule has 2 N–H and O–H groups in total. The topological polar surface area (TPSA) is 26.0 Å². The van der Waals surface area contributed by atoms with E-state index >= 15 is 0 Å². The molecule has 0 aromatic heterocycles. The van der Waals surface area contributed by atoms with Crippen LogP contribution in [0.3, 0.4) is 0 Å². The van der Waals surface area contributed by atoms with Gasteiger partial charge in [0.15, 0.2) is 0 Å². The molecule has 0 aliphatic heterocycles. The van der Waals surface area contributed by atoms with Crippen LogP contribution >= 0.6 is 0 Å². The Kier molecular flexibility index (Phi) is 1.99. The van der Waals surface area contributed by atoms with E-state index in [1.54, 1.807) is 5.57 Å². The van der Waals surface area contributed by atoms with Crippen LogP contribution in [0.25, 0.3) is 0 Å². The number of hydrogen-bond acceptors (Lipinski definition) is 1. The third kappa shape index (κ3) is 1.34. The van der Waals surface area contributed by atoms with Gasteiger partial charge >= 0.3 is 0 Å². The lowest BCUT2D eigenvalue weighted by molar-refractivity contribution is 0.239. The third-order valence-electron chi connectivity index (χ3n) is 3.28. The molecule has 1 nitrogen and oxygen atoms in total. The van der Waals surface area contributed by atoms with E-state index in [1.165, 1.54) is 32.1 Å². The van der Waals surface area contributed by atoms with Crippen molar-refractivity contribution in [2.75, 3.05) is 6.54 Å². The smallest absolute Gasteiger partial charge is 0.0109 e. The van der Waals surface area contributed by atoms with Gasteiger partial charge in [0.2, 0.25) is 0 Å². The van der Waals surface area contributed by atoms with Crippen LogP contribution in [0.15, 0.2) is 11.6 Å². The van der Waals surface area contributed by atoms with Gasteiger partial charge in [-0.3, -0.25) is 0 Å². The minimum Gasteiger partial charge on any atom is -0.327 e. The van der Waals surface area contributed by atoms with Crippen molar-refractivity contribution in [2.24, 2.45) is 17.6 Å². The van der Waals surface area contributed by atoms with Crippen molar-refractivity contribution in [3.63, 3.8) is 0 Å². The molecular weight excluding hydrogens is 134 g/mol. The summed E-state index contributed by atoms with van der Waals surface area (Å²) in [6.07, 6.45) is 9.46. The van der Waals surface area contributed by atoms with Crippen molar-refractivity contribution in [1.29, 1.82) is 0 Å². The van der Waals surface area contributed by atoms with Crippen LogP contribution in [-0.4, -0.2) is 6.54 Å². The molecule has 3 aliphatic rings. The van der Waals surface area contributed by atoms with E-state index in [-0.39, 0.29) is 0 Å². The molecule has 0 saturated heterocycles. The lowest BCUT2D eigenvalue weighted by Gasteiger charge is -2.38. The molecule has 62 valence electrons. The highest BCUT2D eigenvalue weighted by Gasteiger charge is 2.30. The second-order valence-corrected chi connectivity index (χ2v) is 3.94. The minimum absolute atomic E-state index is 0.749. The summed E-state index contributed by atoms with van der Waals surface area (Å²) >= 11 is 0. The van der Waals surface area contributed by atoms with E-state index in [9.17, 15) is 0 Å². The zero-order valence-corrected chi connectivity index (χ0v) is 7.05. The molecule has 3 rings (SSSR count). The third-order valence-corrected chi connectivity index (χ3v) is 3.28. The number of hydrogen-bond donors (Lipinski definition) is 1. The number of allylic oxidation sites excluding steroid dienone is 1. The van der Waals surface area contributed by atoms with E-state index in [2.05, 4.69) is 6.08 Å². The Morgan fingerprint density at radius 1 is 1.27 bits per heavy atom. The SMILES string of the molecule is NC/C=C1\CC2CCC1CC2. The molecule has 0 radical (unpaired) electrons. The molecule has 11 heavy (non-hydrogen) atoms. The lowest BCUT2D eigenvalue weighted by Crippen LogP contribution is -2.25. The van der Waals surface area contributed by atoms with Crippen molar-refractivity contribution >= 4 is 0 Å². The summed E-state index contributed by atoms with van der Waals surface area (Å²) in [6, 6.07) is 0. The highest BCUT2D eigenvalue weighted by Crippen LogP contribution is 2.44. The predicted octanol–water partition coefficient (Wildman–Crippen LogP) is 2.08. The summed E-state index contributed by atoms with van der Waals surface area (Å²) in [6.45, 7) is 0.749. The lowest BCUT2D eigenvalue weighted by atomic mass is 9.68. The van der Waals surface area contributed by atoms with Crippen LogP contribution in [0.2, 0.25) is 0 Å². The van der Waals surface area contributed by atoms with Gasteiger partial charge in [-0.1, -0.05) is 11.6 Å². The molecule has 0 aromatic rings. The van der Waals surface area contributed by atoms with Gasteiger partial charge in [0.05, 0.1) is 0 Å². The average Bonchev–Trinajstić information content (AvgIpc) is 2.07. The molecule has 1 heteroatoms. The molecule has 3 saturated carbocycles. The van der Waals surface area contributed by atoms with Gasteiger partial charge in [-0.2, -0.15) is 0 Å². The predicted molar refractivity (Wildman–Crippen MR) is 47.2 cm³/mol. The summed E-state index contributed by atoms with van der Waals surface area (Å²) in [4.78, 5) is 0. The quantitative estimate of drug-likeness (QED) is 0.570. The van der Waals surface area contributed by atoms with Gasteiger partial charge in [-0.15, -0.1) is 0 Å². The Labute approximate surface area is 68.7 Å². The van der Waals surface area contributed by atoms with Gasteiger partial charge in [0, 0.05) is 6.54 Å². The normalized spacial score (nSPS) is 39.9. The Morgan fingerprint density at radius 2 is 2.00 bits per heavy atom. The number of rotatable bonds is 1. The first-order valence-electron chi connectivity index (χ1n) is 4.79. The molecule has 2 bridgehead atoms. The minimum atomic E-state index is 0.749. The second kappa shape index (κ2) is 2.98. The molecule has 3 aliphatic carbocycles. The van der Waals surface area contributed by atoms with Crippen LogP contribution in [0, 0.1) is 11.8 Å². The molecule has 0 atom stereocenters. The van der Waals surface area contributed by atoms with Crippen molar-refractivity contribution in [3.8, 4) is 0 Å². The summed E-state index contributed by atoms with van der Waals surface area (Å²) in [5.74, 6) is 1.93. The van der Waals surface area contributed by atoms with Crippen molar-refractivity contribution in [3.05, 3.63) is 11.6 Å². The maximum atomic E-state index is 5.51. The number of nitrogens with two attached hydrogens (primary N) is 1. The fourth-order valence-corrected chi connectivity index (χ4v) is 2.64. The van der Waals surface area contributed by atoms with Crippen molar-refractivity contribution < 1.29 is 0 Å². The fourth-order valence-electron chi connectivity index (χ4n) is 2.64. The number of fused-ring (bicyclic) bond motifs is 3. The molecule has 0 amide bonds. The fraction of sp³-hybridized carbons (Fsp3) is 0.800. The first-order chi connectivity index (χ1) is 5.40. The zero-order chi connectivity index (χ0) is 7.68. The van der Waals surface area contributed by atoms with Gasteiger partial charge < -0.3 is 5.73 Å². The molecular formula is C10H17N. The van der Waals surface area contributed by atoms with E-state index in [0.717, 1.165) is 18.4 Å². The highest BCUT2D eigenvalue weighted by molar-refractivity contribution is 5.14. The maximum Gasteiger partial charge on any atom is 0.0109 e. The van der Waals surface area contributed by atoms with Crippen LogP contribution in [0.1, 0.15) is 32.1 Å². The van der Waals surface area contributed by atoms with Crippen LogP contribution < -0.4 is 5.73 Å². The summed E-state index contributed by atoms with van der Waals surface area (Å²) in [5, 5.41) is 0. The first-order valence-corrected chi connectivity index (χ1v) is 4.79. The van der Waals surface area contributed by atoms with Crippen LogP contribution in [0.5, 0.6) is 0 Å².